The minimum atomic E-state index is -0.514. The summed E-state index contributed by atoms with van der Waals surface area (Å²) in [4.78, 5) is 20.8. The second kappa shape index (κ2) is 7.34. The Hall–Kier alpha value is -3.17. The fourth-order valence-electron chi connectivity index (χ4n) is 3.14. The Morgan fingerprint density at radius 2 is 2.07 bits per heavy atom. The van der Waals surface area contributed by atoms with E-state index in [0.29, 0.717) is 28.0 Å². The van der Waals surface area contributed by atoms with Crippen molar-refractivity contribution >= 4 is 49.3 Å². The number of aliphatic hydroxyl groups is 1. The molecule has 0 unspecified atom stereocenters. The average molecular weight is 411 g/mol. The van der Waals surface area contributed by atoms with Crippen molar-refractivity contribution in [1.82, 2.24) is 14.5 Å². The van der Waals surface area contributed by atoms with Crippen LogP contribution < -0.4 is 15.8 Å². The van der Waals surface area contributed by atoms with Crippen molar-refractivity contribution < 1.29 is 14.6 Å². The van der Waals surface area contributed by atoms with Gasteiger partial charge in [0, 0.05) is 12.6 Å². The number of thiazole rings is 1. The summed E-state index contributed by atoms with van der Waals surface area (Å²) in [6.07, 6.45) is -0.0320. The molecule has 0 aliphatic heterocycles. The van der Waals surface area contributed by atoms with Crippen LogP contribution >= 0.6 is 11.3 Å². The SMILES string of the molecule is CC(C)Oc1ccc(C(N)=O)cc1Nc1nc2c(ccc3c2nc(CO)n3C)s1. The molecule has 4 aromatic rings. The number of carbonyl (C=O) groups excluding carboxylic acids is 1. The zero-order valence-corrected chi connectivity index (χ0v) is 17.1. The highest BCUT2D eigenvalue weighted by molar-refractivity contribution is 7.22. The number of amides is 1. The quantitative estimate of drug-likeness (QED) is 0.448. The van der Waals surface area contributed by atoms with Gasteiger partial charge < -0.3 is 25.5 Å². The molecule has 0 saturated carbocycles. The Kier molecular flexibility index (Phi) is 4.85. The third-order valence-corrected chi connectivity index (χ3v) is 5.45. The second-order valence-corrected chi connectivity index (χ2v) is 7.94. The number of nitrogens with one attached hydrogen (secondary N) is 1. The zero-order valence-electron chi connectivity index (χ0n) is 16.3. The highest BCUT2D eigenvalue weighted by Gasteiger charge is 2.16. The van der Waals surface area contributed by atoms with Crippen LogP contribution in [0, 0.1) is 0 Å². The third kappa shape index (κ3) is 3.50. The number of aromatic nitrogens is 3. The van der Waals surface area contributed by atoms with Gasteiger partial charge in [0.15, 0.2) is 5.13 Å². The molecular weight excluding hydrogens is 390 g/mol. The van der Waals surface area contributed by atoms with E-state index in [-0.39, 0.29) is 12.7 Å². The van der Waals surface area contributed by atoms with Crippen LogP contribution in [0.15, 0.2) is 30.3 Å². The summed E-state index contributed by atoms with van der Waals surface area (Å²) < 4.78 is 8.66. The number of primary amides is 1. The Labute approximate surface area is 170 Å². The number of hydrogen-bond acceptors (Lipinski definition) is 7. The minimum absolute atomic E-state index is 0.0320. The first kappa shape index (κ1) is 19.2. The van der Waals surface area contributed by atoms with E-state index in [0.717, 1.165) is 21.3 Å². The van der Waals surface area contributed by atoms with Crippen molar-refractivity contribution in [3.63, 3.8) is 0 Å². The lowest BCUT2D eigenvalue weighted by Crippen LogP contribution is -2.12. The van der Waals surface area contributed by atoms with E-state index in [4.69, 9.17) is 15.5 Å². The summed E-state index contributed by atoms with van der Waals surface area (Å²) in [6.45, 7) is 3.72. The van der Waals surface area contributed by atoms with Crippen molar-refractivity contribution in [2.75, 3.05) is 5.32 Å². The van der Waals surface area contributed by atoms with E-state index in [9.17, 15) is 9.90 Å². The first-order valence-corrected chi connectivity index (χ1v) is 9.92. The number of benzene rings is 2. The van der Waals surface area contributed by atoms with Crippen molar-refractivity contribution in [3.8, 4) is 5.75 Å². The number of aliphatic hydroxyl groups excluding tert-OH is 1. The molecule has 8 nitrogen and oxygen atoms in total. The van der Waals surface area contributed by atoms with Crippen LogP contribution in [0.1, 0.15) is 30.0 Å². The van der Waals surface area contributed by atoms with Crippen LogP contribution in [0.3, 0.4) is 0 Å². The molecule has 2 aromatic carbocycles. The van der Waals surface area contributed by atoms with Crippen molar-refractivity contribution in [2.45, 2.75) is 26.6 Å². The van der Waals surface area contributed by atoms with Gasteiger partial charge in [-0.1, -0.05) is 11.3 Å². The molecule has 0 bridgehead atoms. The number of hydrogen-bond donors (Lipinski definition) is 3. The van der Waals surface area contributed by atoms with Gasteiger partial charge in [0.1, 0.15) is 29.2 Å². The molecule has 9 heteroatoms. The monoisotopic (exact) mass is 411 g/mol. The summed E-state index contributed by atoms with van der Waals surface area (Å²) in [7, 11) is 1.86. The molecule has 29 heavy (non-hydrogen) atoms. The zero-order chi connectivity index (χ0) is 20.7. The minimum Gasteiger partial charge on any atom is -0.489 e. The maximum absolute atomic E-state index is 11.6. The maximum Gasteiger partial charge on any atom is 0.248 e. The van der Waals surface area contributed by atoms with Gasteiger partial charge in [-0.25, -0.2) is 9.97 Å². The summed E-state index contributed by atoms with van der Waals surface area (Å²) in [5.74, 6) is 0.673. The Balaban J connectivity index is 1.78. The molecule has 0 fully saturated rings. The van der Waals surface area contributed by atoms with E-state index in [1.54, 1.807) is 18.2 Å². The van der Waals surface area contributed by atoms with Crippen LogP contribution in [0.5, 0.6) is 5.75 Å². The van der Waals surface area contributed by atoms with Crippen LogP contribution in [0.2, 0.25) is 0 Å². The number of nitrogens with zero attached hydrogens (tertiary/aromatic N) is 3. The Morgan fingerprint density at radius 1 is 1.28 bits per heavy atom. The van der Waals surface area contributed by atoms with Gasteiger partial charge in [-0.3, -0.25) is 4.79 Å². The Bertz CT molecular complexity index is 1230. The van der Waals surface area contributed by atoms with Gasteiger partial charge in [-0.05, 0) is 44.2 Å². The second-order valence-electron chi connectivity index (χ2n) is 6.91. The summed E-state index contributed by atoms with van der Waals surface area (Å²) >= 11 is 1.47. The molecule has 2 heterocycles. The first-order valence-electron chi connectivity index (χ1n) is 9.10. The van der Waals surface area contributed by atoms with Crippen LogP contribution in [-0.4, -0.2) is 31.7 Å². The number of aryl methyl sites for hydroxylation is 1. The predicted molar refractivity (Wildman–Crippen MR) is 114 cm³/mol. The summed E-state index contributed by atoms with van der Waals surface area (Å²) in [5.41, 5.74) is 8.81. The highest BCUT2D eigenvalue weighted by Crippen LogP contribution is 2.36. The number of imidazole rings is 1. The predicted octanol–water partition coefficient (Wildman–Crippen LogP) is 3.31. The molecule has 0 spiro atoms. The summed E-state index contributed by atoms with van der Waals surface area (Å²) in [6, 6.07) is 8.96. The smallest absolute Gasteiger partial charge is 0.248 e. The van der Waals surface area contributed by atoms with Crippen molar-refractivity contribution in [3.05, 3.63) is 41.7 Å². The van der Waals surface area contributed by atoms with Crippen LogP contribution in [-0.2, 0) is 13.7 Å². The first-order chi connectivity index (χ1) is 13.9. The van der Waals surface area contributed by atoms with Crippen molar-refractivity contribution in [1.29, 1.82) is 0 Å². The van der Waals surface area contributed by atoms with E-state index in [2.05, 4.69) is 10.3 Å². The van der Waals surface area contributed by atoms with E-state index in [1.807, 2.05) is 37.6 Å². The lowest BCUT2D eigenvalue weighted by atomic mass is 10.1. The number of nitrogens with two attached hydrogens (primary N) is 1. The van der Waals surface area contributed by atoms with E-state index >= 15 is 0 Å². The number of rotatable bonds is 6. The molecule has 4 rings (SSSR count). The molecular formula is C20H21N5O3S. The Morgan fingerprint density at radius 3 is 2.76 bits per heavy atom. The number of carbonyl (C=O) groups is 1. The fourth-order valence-corrected chi connectivity index (χ4v) is 4.02. The third-order valence-electron chi connectivity index (χ3n) is 4.51. The van der Waals surface area contributed by atoms with Gasteiger partial charge in [0.25, 0.3) is 0 Å². The van der Waals surface area contributed by atoms with E-state index in [1.165, 1.54) is 11.3 Å². The molecule has 150 valence electrons. The maximum atomic E-state index is 11.6. The van der Waals surface area contributed by atoms with Crippen molar-refractivity contribution in [2.24, 2.45) is 12.8 Å². The number of fused-ring (bicyclic) bond motifs is 3. The lowest BCUT2D eigenvalue weighted by Gasteiger charge is -2.15. The standard InChI is InChI=1S/C20H21N5O3S/c1-10(2)28-14-6-4-11(19(21)27)8-12(14)22-20-24-18-15(29-20)7-5-13-17(18)23-16(9-26)25(13)3/h4-8,10,26H,9H2,1-3H3,(H2,21,27)(H,22,24). The number of anilines is 2. The molecule has 0 aliphatic carbocycles. The number of ether oxygens (including phenoxy) is 1. The fraction of sp³-hybridized carbons (Fsp3) is 0.250. The molecule has 4 N–H and O–H groups in total. The highest BCUT2D eigenvalue weighted by atomic mass is 32.1. The largest absolute Gasteiger partial charge is 0.489 e. The lowest BCUT2D eigenvalue weighted by molar-refractivity contribution is 0.100. The van der Waals surface area contributed by atoms with Gasteiger partial charge in [-0.15, -0.1) is 0 Å². The van der Waals surface area contributed by atoms with Gasteiger partial charge >= 0.3 is 0 Å². The normalized spacial score (nSPS) is 11.5. The van der Waals surface area contributed by atoms with Gasteiger partial charge in [-0.2, -0.15) is 0 Å². The van der Waals surface area contributed by atoms with Gasteiger partial charge in [0.2, 0.25) is 5.91 Å². The molecule has 0 aliphatic rings. The molecule has 0 radical (unpaired) electrons. The molecule has 0 saturated heterocycles. The molecule has 2 aromatic heterocycles. The van der Waals surface area contributed by atoms with Crippen LogP contribution in [0.4, 0.5) is 10.8 Å². The molecule has 0 atom stereocenters. The molecule has 1 amide bonds. The van der Waals surface area contributed by atoms with Crippen LogP contribution in [0.25, 0.3) is 21.3 Å². The van der Waals surface area contributed by atoms with E-state index < -0.39 is 5.91 Å². The average Bonchev–Trinajstić information content (AvgIpc) is 3.23. The van der Waals surface area contributed by atoms with Gasteiger partial charge in [0.05, 0.1) is 22.0 Å². The summed E-state index contributed by atoms with van der Waals surface area (Å²) in [5, 5.41) is 13.4. The topological polar surface area (TPSA) is 115 Å².